The quantitative estimate of drug-likeness (QED) is 0.375. The first-order chi connectivity index (χ1) is 12.7. The molecular weight excluding hydrogens is 388 g/mol. The molecule has 3 fully saturated rings. The molecule has 2 aromatic rings. The van der Waals surface area contributed by atoms with E-state index in [0.717, 1.165) is 12.8 Å². The minimum atomic E-state index is -0.589. The first-order valence-electron chi connectivity index (χ1n) is 9.43. The Morgan fingerprint density at radius 1 is 0.962 bits per heavy atom. The molecule has 0 unspecified atom stereocenters. The SMILES string of the molecule is O=C1O[C@H]2C[C@@H]3c4ccccc4[C@@H]4C[C@H](c5ccccc5)C=C2[C@@H]4[C@]13Br. The van der Waals surface area contributed by atoms with E-state index in [1.165, 1.54) is 22.3 Å². The zero-order valence-electron chi connectivity index (χ0n) is 14.3. The second-order valence-electron chi connectivity index (χ2n) is 8.08. The molecule has 2 saturated heterocycles. The summed E-state index contributed by atoms with van der Waals surface area (Å²) in [6, 6.07) is 19.5. The summed E-state index contributed by atoms with van der Waals surface area (Å²) in [7, 11) is 0. The minimum Gasteiger partial charge on any atom is -0.457 e. The first-order valence-corrected chi connectivity index (χ1v) is 10.2. The predicted octanol–water partition coefficient (Wildman–Crippen LogP) is 5.06. The average Bonchev–Trinajstić information content (AvgIpc) is 2.69. The van der Waals surface area contributed by atoms with E-state index < -0.39 is 4.32 Å². The number of esters is 1. The number of carbonyl (C=O) groups excluding carboxylic acids is 1. The lowest BCUT2D eigenvalue weighted by Gasteiger charge is -2.60. The molecule has 6 atom stereocenters. The Labute approximate surface area is 161 Å². The molecule has 3 aliphatic carbocycles. The Balaban J connectivity index is 1.59. The third-order valence-electron chi connectivity index (χ3n) is 7.01. The summed E-state index contributed by atoms with van der Waals surface area (Å²) < 4.78 is 5.27. The van der Waals surface area contributed by atoms with Crippen LogP contribution in [0.3, 0.4) is 0 Å². The summed E-state index contributed by atoms with van der Waals surface area (Å²) in [5, 5.41) is 0. The maximum absolute atomic E-state index is 12.9. The van der Waals surface area contributed by atoms with Crippen LogP contribution >= 0.6 is 15.9 Å². The highest BCUT2D eigenvalue weighted by Gasteiger charge is 2.67. The number of benzene rings is 2. The van der Waals surface area contributed by atoms with Crippen LogP contribution in [0.15, 0.2) is 66.2 Å². The Morgan fingerprint density at radius 3 is 2.50 bits per heavy atom. The molecule has 0 aromatic heterocycles. The summed E-state index contributed by atoms with van der Waals surface area (Å²) in [4.78, 5) is 12.9. The Kier molecular flexibility index (Phi) is 2.98. The number of alkyl halides is 1. The molecule has 130 valence electrons. The molecule has 26 heavy (non-hydrogen) atoms. The highest BCUT2D eigenvalue weighted by Crippen LogP contribution is 2.67. The van der Waals surface area contributed by atoms with Gasteiger partial charge < -0.3 is 4.74 Å². The second kappa shape index (κ2) is 5.10. The number of hydrogen-bond donors (Lipinski definition) is 0. The Hall–Kier alpha value is -1.87. The zero-order chi connectivity index (χ0) is 17.5. The fraction of sp³-hybridized carbons (Fsp3) is 0.348. The van der Waals surface area contributed by atoms with Gasteiger partial charge in [-0.05, 0) is 41.0 Å². The van der Waals surface area contributed by atoms with Crippen LogP contribution in [0.1, 0.15) is 47.3 Å². The number of allylic oxidation sites excluding steroid dienone is 1. The number of fused-ring (bicyclic) bond motifs is 3. The van der Waals surface area contributed by atoms with Crippen molar-refractivity contribution in [1.29, 1.82) is 0 Å². The van der Waals surface area contributed by atoms with Gasteiger partial charge >= 0.3 is 5.97 Å². The van der Waals surface area contributed by atoms with E-state index in [-0.39, 0.29) is 23.9 Å². The van der Waals surface area contributed by atoms with Crippen LogP contribution in [0.4, 0.5) is 0 Å². The highest BCUT2D eigenvalue weighted by molar-refractivity contribution is 9.10. The van der Waals surface area contributed by atoms with Crippen molar-refractivity contribution in [2.75, 3.05) is 0 Å². The minimum absolute atomic E-state index is 0.0562. The summed E-state index contributed by atoms with van der Waals surface area (Å²) in [5.74, 6) is 1.13. The second-order valence-corrected chi connectivity index (χ2v) is 9.40. The molecule has 2 heterocycles. The standard InChI is InChI=1S/C23H19BrO2/c24-23-19-12-20(26-22(23)25)18-11-14(13-6-2-1-3-7-13)10-17(21(18)23)15-8-4-5-9-16(15)19/h1-9,11,14,17,19-21H,10,12H2/t14-,17-,19+,20-,21+,23-/m0/s1. The number of hydrogen-bond acceptors (Lipinski definition) is 2. The molecule has 4 bridgehead atoms. The van der Waals surface area contributed by atoms with Crippen LogP contribution in [0.25, 0.3) is 0 Å². The molecule has 3 heteroatoms. The van der Waals surface area contributed by atoms with Crippen molar-refractivity contribution >= 4 is 21.9 Å². The summed E-state index contributed by atoms with van der Waals surface area (Å²) in [6.45, 7) is 0. The van der Waals surface area contributed by atoms with Gasteiger partial charge in [0, 0.05) is 17.8 Å². The molecule has 2 nitrogen and oxygen atoms in total. The van der Waals surface area contributed by atoms with Gasteiger partial charge in [-0.1, -0.05) is 76.6 Å². The van der Waals surface area contributed by atoms with Gasteiger partial charge in [-0.15, -0.1) is 0 Å². The number of halogens is 1. The topological polar surface area (TPSA) is 26.3 Å². The Morgan fingerprint density at radius 2 is 1.69 bits per heavy atom. The van der Waals surface area contributed by atoms with E-state index in [4.69, 9.17) is 4.74 Å². The molecule has 0 radical (unpaired) electrons. The van der Waals surface area contributed by atoms with Crippen LogP contribution in [-0.2, 0) is 9.53 Å². The highest BCUT2D eigenvalue weighted by atomic mass is 79.9. The summed E-state index contributed by atoms with van der Waals surface area (Å²) in [5.41, 5.74) is 5.49. The number of carbonyl (C=O) groups is 1. The van der Waals surface area contributed by atoms with Crippen LogP contribution < -0.4 is 0 Å². The van der Waals surface area contributed by atoms with Crippen LogP contribution in [-0.4, -0.2) is 16.4 Å². The maximum Gasteiger partial charge on any atom is 0.324 e. The van der Waals surface area contributed by atoms with E-state index in [9.17, 15) is 4.79 Å². The molecule has 1 saturated carbocycles. The van der Waals surface area contributed by atoms with Gasteiger partial charge in [-0.3, -0.25) is 4.79 Å². The largest absolute Gasteiger partial charge is 0.457 e. The molecule has 0 spiro atoms. The lowest BCUT2D eigenvalue weighted by Crippen LogP contribution is -2.64. The van der Waals surface area contributed by atoms with Crippen LogP contribution in [0.5, 0.6) is 0 Å². The number of ether oxygens (including phenoxy) is 1. The smallest absolute Gasteiger partial charge is 0.324 e. The van der Waals surface area contributed by atoms with Gasteiger partial charge in [-0.2, -0.15) is 0 Å². The van der Waals surface area contributed by atoms with Crippen molar-refractivity contribution in [2.45, 2.75) is 41.0 Å². The van der Waals surface area contributed by atoms with Gasteiger partial charge in [-0.25, -0.2) is 0 Å². The van der Waals surface area contributed by atoms with Gasteiger partial charge in [0.2, 0.25) is 0 Å². The first kappa shape index (κ1) is 15.2. The average molecular weight is 407 g/mol. The van der Waals surface area contributed by atoms with E-state index in [1.807, 2.05) is 0 Å². The van der Waals surface area contributed by atoms with E-state index in [2.05, 4.69) is 76.6 Å². The molecule has 0 amide bonds. The molecular formula is C23H19BrO2. The monoisotopic (exact) mass is 406 g/mol. The third-order valence-corrected chi connectivity index (χ3v) is 8.37. The molecule has 2 aliphatic heterocycles. The van der Waals surface area contributed by atoms with Gasteiger partial charge in [0.15, 0.2) is 0 Å². The fourth-order valence-electron chi connectivity index (χ4n) is 5.99. The van der Waals surface area contributed by atoms with E-state index in [1.54, 1.807) is 0 Å². The van der Waals surface area contributed by atoms with Gasteiger partial charge in [0.05, 0.1) is 0 Å². The molecule has 7 rings (SSSR count). The van der Waals surface area contributed by atoms with Crippen LogP contribution in [0, 0.1) is 5.92 Å². The van der Waals surface area contributed by atoms with Crippen molar-refractivity contribution in [1.82, 2.24) is 0 Å². The van der Waals surface area contributed by atoms with Crippen molar-refractivity contribution in [3.8, 4) is 0 Å². The van der Waals surface area contributed by atoms with Crippen molar-refractivity contribution in [3.05, 3.63) is 82.9 Å². The van der Waals surface area contributed by atoms with Crippen LogP contribution in [0.2, 0.25) is 0 Å². The van der Waals surface area contributed by atoms with Gasteiger partial charge in [0.1, 0.15) is 10.4 Å². The maximum atomic E-state index is 12.9. The molecule has 2 aromatic carbocycles. The Bertz CT molecular complexity index is 950. The number of rotatable bonds is 1. The fourth-order valence-corrected chi connectivity index (χ4v) is 7.10. The molecule has 5 aliphatic rings. The van der Waals surface area contributed by atoms with E-state index >= 15 is 0 Å². The van der Waals surface area contributed by atoms with Crippen molar-refractivity contribution in [3.63, 3.8) is 0 Å². The third kappa shape index (κ3) is 1.75. The predicted molar refractivity (Wildman–Crippen MR) is 103 cm³/mol. The van der Waals surface area contributed by atoms with E-state index in [0.29, 0.717) is 11.8 Å². The summed E-state index contributed by atoms with van der Waals surface area (Å²) in [6.07, 6.45) is 4.30. The summed E-state index contributed by atoms with van der Waals surface area (Å²) >= 11 is 3.93. The van der Waals surface area contributed by atoms with Gasteiger partial charge in [0.25, 0.3) is 0 Å². The zero-order valence-corrected chi connectivity index (χ0v) is 15.9. The normalized spacial score (nSPS) is 39.0. The molecule has 0 N–H and O–H groups in total. The van der Waals surface area contributed by atoms with Crippen molar-refractivity contribution in [2.24, 2.45) is 5.92 Å². The van der Waals surface area contributed by atoms with Crippen molar-refractivity contribution < 1.29 is 9.53 Å². The lowest BCUT2D eigenvalue weighted by atomic mass is 9.50. The lowest BCUT2D eigenvalue weighted by molar-refractivity contribution is -0.166.